The highest BCUT2D eigenvalue weighted by Crippen LogP contribution is 2.43. The number of ether oxygens (including phenoxy) is 2. The Balaban J connectivity index is 2.75. The topological polar surface area (TPSA) is 67.6 Å². The smallest absolute Gasteiger partial charge is 0.336 e. The first-order chi connectivity index (χ1) is 12.3. The summed E-state index contributed by atoms with van der Waals surface area (Å²) in [5, 5.41) is 3.34. The molecule has 2 rings (SSSR count). The number of nitrogens with one attached hydrogen (secondary N) is 1. The first-order valence-electron chi connectivity index (χ1n) is 8.93. The molecule has 1 aromatic rings. The Labute approximate surface area is 155 Å². The van der Waals surface area contributed by atoms with E-state index in [1.54, 1.807) is 0 Å². The van der Waals surface area contributed by atoms with Gasteiger partial charge in [-0.05, 0) is 33.3 Å². The highest BCUT2D eigenvalue weighted by atomic mass is 16.5. The lowest BCUT2D eigenvalue weighted by Crippen LogP contribution is -2.54. The molecule has 1 aliphatic heterocycles. The third-order valence-corrected chi connectivity index (χ3v) is 4.73. The summed E-state index contributed by atoms with van der Waals surface area (Å²) in [7, 11) is 2.60. The van der Waals surface area contributed by atoms with Gasteiger partial charge in [0.25, 0.3) is 11.3 Å². The number of rotatable bonds is 5. The summed E-state index contributed by atoms with van der Waals surface area (Å²) in [4.78, 5) is 25.7. The fourth-order valence-corrected chi connectivity index (χ4v) is 3.70. The predicted octanol–water partition coefficient (Wildman–Crippen LogP) is 2.28. The van der Waals surface area contributed by atoms with Crippen molar-refractivity contribution in [3.05, 3.63) is 35.9 Å². The van der Waals surface area contributed by atoms with Crippen molar-refractivity contribution < 1.29 is 23.6 Å². The zero-order valence-electron chi connectivity index (χ0n) is 16.4. The van der Waals surface area contributed by atoms with Gasteiger partial charge in [-0.1, -0.05) is 30.3 Å². The average Bonchev–Trinajstić information content (AvgIpc) is 2.96. The minimum Gasteiger partial charge on any atom is -0.468 e. The second-order valence-electron chi connectivity index (χ2n) is 7.17. The fraction of sp³-hybridized carbons (Fsp3) is 0.550. The molecule has 1 N–H and O–H groups in total. The third-order valence-electron chi connectivity index (χ3n) is 4.73. The Bertz CT molecular complexity index is 679. The van der Waals surface area contributed by atoms with E-state index in [0.717, 1.165) is 5.56 Å². The molecule has 0 fully saturated rings. The van der Waals surface area contributed by atoms with Crippen molar-refractivity contribution in [2.45, 2.75) is 52.2 Å². The van der Waals surface area contributed by atoms with Crippen molar-refractivity contribution in [3.63, 3.8) is 0 Å². The van der Waals surface area contributed by atoms with Crippen LogP contribution in [0.3, 0.4) is 0 Å². The minimum atomic E-state index is -1.50. The van der Waals surface area contributed by atoms with Crippen molar-refractivity contribution in [3.8, 4) is 0 Å². The van der Waals surface area contributed by atoms with Crippen molar-refractivity contribution in [1.29, 1.82) is 0 Å². The molecule has 26 heavy (non-hydrogen) atoms. The van der Waals surface area contributed by atoms with Gasteiger partial charge in [-0.15, -0.1) is 0 Å². The van der Waals surface area contributed by atoms with Gasteiger partial charge in [0, 0.05) is 6.42 Å². The summed E-state index contributed by atoms with van der Waals surface area (Å²) in [5.41, 5.74) is -0.461. The Morgan fingerprint density at radius 2 is 1.62 bits per heavy atom. The molecule has 6 heteroatoms. The van der Waals surface area contributed by atoms with E-state index >= 15 is 0 Å². The number of benzene rings is 1. The van der Waals surface area contributed by atoms with Gasteiger partial charge in [-0.2, -0.15) is 0 Å². The van der Waals surface area contributed by atoms with Crippen LogP contribution in [0.5, 0.6) is 0 Å². The number of amidine groups is 1. The second-order valence-corrected chi connectivity index (χ2v) is 7.17. The molecule has 0 aromatic heterocycles. The summed E-state index contributed by atoms with van der Waals surface area (Å²) in [5.74, 6) is -0.650. The largest absolute Gasteiger partial charge is 0.468 e. The van der Waals surface area contributed by atoms with Crippen LogP contribution in [0.1, 0.15) is 45.7 Å². The molecule has 0 unspecified atom stereocenters. The van der Waals surface area contributed by atoms with Crippen LogP contribution in [0.2, 0.25) is 0 Å². The maximum Gasteiger partial charge on any atom is 0.336 e. The third kappa shape index (κ3) is 3.32. The molecule has 0 saturated carbocycles. The van der Waals surface area contributed by atoms with Gasteiger partial charge >= 0.3 is 11.9 Å². The van der Waals surface area contributed by atoms with Gasteiger partial charge in [0.05, 0.1) is 26.3 Å². The number of nitrogens with zero attached hydrogens (tertiary/aromatic N) is 1. The van der Waals surface area contributed by atoms with E-state index in [9.17, 15) is 9.59 Å². The number of carbonyl (C=O) groups excluding carboxylic acids is 2. The van der Waals surface area contributed by atoms with Crippen LogP contribution in [0.25, 0.3) is 0 Å². The molecule has 1 atom stereocenters. The van der Waals surface area contributed by atoms with Crippen LogP contribution in [-0.4, -0.2) is 48.7 Å². The first-order valence-corrected chi connectivity index (χ1v) is 8.93. The van der Waals surface area contributed by atoms with Crippen molar-refractivity contribution in [1.82, 2.24) is 5.32 Å². The quantitative estimate of drug-likeness (QED) is 0.495. The molecular formula is C20H29N2O4+. The number of esters is 2. The highest BCUT2D eigenvalue weighted by Gasteiger charge is 2.65. The zero-order chi connectivity index (χ0) is 19.5. The van der Waals surface area contributed by atoms with Crippen LogP contribution in [-0.2, 0) is 19.1 Å². The Morgan fingerprint density at radius 1 is 1.08 bits per heavy atom. The summed E-state index contributed by atoms with van der Waals surface area (Å²) in [6.45, 7) is 8.03. The van der Waals surface area contributed by atoms with E-state index in [0.29, 0.717) is 5.84 Å². The Kier molecular flexibility index (Phi) is 6.05. The van der Waals surface area contributed by atoms with Crippen molar-refractivity contribution in [2.24, 2.45) is 5.41 Å². The van der Waals surface area contributed by atoms with Crippen LogP contribution < -0.4 is 5.32 Å². The lowest BCUT2D eigenvalue weighted by atomic mass is 9.81. The fourth-order valence-electron chi connectivity index (χ4n) is 3.70. The highest BCUT2D eigenvalue weighted by molar-refractivity contribution is 6.20. The van der Waals surface area contributed by atoms with Gasteiger partial charge in [-0.3, -0.25) is 19.5 Å². The van der Waals surface area contributed by atoms with Gasteiger partial charge in [0.15, 0.2) is 0 Å². The zero-order valence-corrected chi connectivity index (χ0v) is 16.4. The molecule has 0 spiro atoms. The summed E-state index contributed by atoms with van der Waals surface area (Å²) in [6, 6.07) is 9.85. The molecule has 1 aliphatic rings. The standard InChI is InChI=1S/C20H28N2O4/c1-13(2)21-17-20(18(23)25-5,19(24)26-6)12-16(22(17)14(3)4)15-10-8-7-9-11-15/h7-11,13-14,16H,12H2,1-6H3/p+1/t16-/m1/s1. The van der Waals surface area contributed by atoms with Crippen molar-refractivity contribution in [2.75, 3.05) is 14.2 Å². The summed E-state index contributed by atoms with van der Waals surface area (Å²) in [6.07, 6.45) is 0.267. The van der Waals surface area contributed by atoms with Crippen LogP contribution in [0, 0.1) is 5.41 Å². The minimum absolute atomic E-state index is 0.0365. The SMILES string of the molecule is COC(=O)C1(C(=O)OC)C[C@H](c2ccccc2)[N+](C(C)C)=C1NC(C)C. The van der Waals surface area contributed by atoms with E-state index < -0.39 is 17.4 Å². The van der Waals surface area contributed by atoms with Gasteiger partial charge in [0.2, 0.25) is 0 Å². The average molecular weight is 361 g/mol. The number of carbonyl (C=O) groups is 2. The van der Waals surface area contributed by atoms with E-state index in [1.807, 2.05) is 58.0 Å². The van der Waals surface area contributed by atoms with Crippen LogP contribution in [0.4, 0.5) is 0 Å². The molecule has 0 amide bonds. The number of methoxy groups -OCH3 is 2. The maximum absolute atomic E-state index is 12.9. The monoisotopic (exact) mass is 361 g/mol. The summed E-state index contributed by atoms with van der Waals surface area (Å²) >= 11 is 0. The van der Waals surface area contributed by atoms with Crippen LogP contribution >= 0.6 is 0 Å². The molecule has 142 valence electrons. The van der Waals surface area contributed by atoms with E-state index in [-0.39, 0.29) is 24.5 Å². The molecule has 0 radical (unpaired) electrons. The second kappa shape index (κ2) is 7.89. The lowest BCUT2D eigenvalue weighted by Gasteiger charge is -2.23. The van der Waals surface area contributed by atoms with E-state index in [4.69, 9.17) is 9.47 Å². The Hall–Kier alpha value is -2.37. The van der Waals surface area contributed by atoms with Gasteiger partial charge in [-0.25, -0.2) is 0 Å². The van der Waals surface area contributed by atoms with E-state index in [2.05, 4.69) is 9.89 Å². The van der Waals surface area contributed by atoms with Crippen LogP contribution in [0.15, 0.2) is 30.3 Å². The van der Waals surface area contributed by atoms with E-state index in [1.165, 1.54) is 14.2 Å². The molecule has 0 aliphatic carbocycles. The number of hydrogen-bond donors (Lipinski definition) is 1. The maximum atomic E-state index is 12.9. The molecule has 6 nitrogen and oxygen atoms in total. The predicted molar refractivity (Wildman–Crippen MR) is 98.9 cm³/mol. The summed E-state index contributed by atoms with van der Waals surface area (Å²) < 4.78 is 12.2. The Morgan fingerprint density at radius 3 is 2.04 bits per heavy atom. The number of hydrogen-bond acceptors (Lipinski definition) is 5. The normalized spacial score (nSPS) is 19.0. The van der Waals surface area contributed by atoms with Crippen molar-refractivity contribution >= 4 is 17.8 Å². The lowest BCUT2D eigenvalue weighted by molar-refractivity contribution is -0.595. The molecule has 0 bridgehead atoms. The van der Waals surface area contributed by atoms with Gasteiger partial charge < -0.3 is 9.47 Å². The van der Waals surface area contributed by atoms with Gasteiger partial charge in [0.1, 0.15) is 6.04 Å². The molecule has 1 aromatic carbocycles. The first kappa shape index (κ1) is 19.9. The molecule has 0 saturated heterocycles. The molecular weight excluding hydrogens is 332 g/mol. The molecule has 1 heterocycles.